The Labute approximate surface area is 157 Å². The van der Waals surface area contributed by atoms with Crippen LogP contribution in [0.1, 0.15) is 48.3 Å². The van der Waals surface area contributed by atoms with Crippen LogP contribution in [0.3, 0.4) is 0 Å². The summed E-state index contributed by atoms with van der Waals surface area (Å²) in [7, 11) is 0. The Morgan fingerprint density at radius 1 is 1.22 bits per heavy atom. The smallest absolute Gasteiger partial charge is 0.277 e. The maximum atomic E-state index is 12.9. The summed E-state index contributed by atoms with van der Waals surface area (Å²) >= 11 is 0. The van der Waals surface area contributed by atoms with E-state index >= 15 is 0 Å². The molecule has 3 aromatic rings. The average Bonchev–Trinajstić information content (AvgIpc) is 3.44. The van der Waals surface area contributed by atoms with Crippen LogP contribution < -0.4 is 10.6 Å². The van der Waals surface area contributed by atoms with Gasteiger partial charge < -0.3 is 10.6 Å². The van der Waals surface area contributed by atoms with Gasteiger partial charge in [0.05, 0.1) is 23.8 Å². The summed E-state index contributed by atoms with van der Waals surface area (Å²) in [5.74, 6) is 0.675. The number of carbonyl (C=O) groups is 1. The molecule has 0 aromatic carbocycles. The molecule has 0 radical (unpaired) electrons. The minimum Gasteiger partial charge on any atom is -0.351 e. The number of pyridine rings is 1. The molecular formula is C19H21N7O. The molecule has 0 spiro atoms. The number of hydrogen-bond donors (Lipinski definition) is 2. The van der Waals surface area contributed by atoms with Gasteiger partial charge in [0.1, 0.15) is 6.33 Å². The van der Waals surface area contributed by atoms with E-state index < -0.39 is 0 Å². The highest BCUT2D eigenvalue weighted by atomic mass is 16.2. The Morgan fingerprint density at radius 2 is 2.04 bits per heavy atom. The van der Waals surface area contributed by atoms with Gasteiger partial charge in [-0.15, -0.1) is 0 Å². The van der Waals surface area contributed by atoms with Crippen LogP contribution in [-0.4, -0.2) is 30.6 Å². The van der Waals surface area contributed by atoms with Crippen LogP contribution in [0, 0.1) is 0 Å². The van der Waals surface area contributed by atoms with E-state index in [0.29, 0.717) is 28.8 Å². The fraction of sp³-hybridized carbons (Fsp3) is 0.316. The third kappa shape index (κ3) is 4.11. The van der Waals surface area contributed by atoms with E-state index in [9.17, 15) is 4.79 Å². The minimum absolute atomic E-state index is 0.293. The number of aromatic nitrogens is 5. The predicted octanol–water partition coefficient (Wildman–Crippen LogP) is 3.35. The van der Waals surface area contributed by atoms with Gasteiger partial charge in [0.2, 0.25) is 0 Å². The van der Waals surface area contributed by atoms with E-state index in [0.717, 1.165) is 31.5 Å². The first kappa shape index (κ1) is 17.1. The van der Waals surface area contributed by atoms with E-state index in [1.165, 1.54) is 6.33 Å². The maximum absolute atomic E-state index is 12.9. The molecule has 0 bridgehead atoms. The van der Waals surface area contributed by atoms with Crippen molar-refractivity contribution in [3.63, 3.8) is 0 Å². The highest BCUT2D eigenvalue weighted by Gasteiger charge is 2.27. The van der Waals surface area contributed by atoms with Gasteiger partial charge in [-0.05, 0) is 31.4 Å². The molecule has 3 aromatic heterocycles. The Morgan fingerprint density at radius 3 is 2.78 bits per heavy atom. The van der Waals surface area contributed by atoms with Crippen molar-refractivity contribution in [2.75, 3.05) is 10.6 Å². The molecule has 1 fully saturated rings. The molecule has 1 aliphatic rings. The fourth-order valence-electron chi connectivity index (χ4n) is 2.83. The molecule has 2 N–H and O–H groups in total. The molecule has 138 valence electrons. The third-order valence-corrected chi connectivity index (χ3v) is 4.30. The second-order valence-corrected chi connectivity index (χ2v) is 6.58. The molecule has 0 saturated heterocycles. The van der Waals surface area contributed by atoms with Gasteiger partial charge in [0.15, 0.2) is 11.5 Å². The van der Waals surface area contributed by atoms with Gasteiger partial charge >= 0.3 is 0 Å². The largest absolute Gasteiger partial charge is 0.351 e. The number of anilines is 3. The lowest BCUT2D eigenvalue weighted by atomic mass is 10.2. The number of carbonyl (C=O) groups excluding carboxylic acids is 1. The number of aryl methyl sites for hydroxylation is 1. The standard InChI is InChI=1S/C19H21N7O/c1-2-8-26-9-7-17(25-26)24-19(27)18-16(22-14-10-20-12-21-11-14)6-5-15(23-18)13-3-4-13/h5-7,9-13,22H,2-4,8H2,1H3,(H,24,25,27). The molecule has 4 rings (SSSR count). The highest BCUT2D eigenvalue weighted by molar-refractivity contribution is 6.06. The van der Waals surface area contributed by atoms with Gasteiger partial charge in [-0.3, -0.25) is 9.48 Å². The van der Waals surface area contributed by atoms with E-state index in [1.54, 1.807) is 18.5 Å². The van der Waals surface area contributed by atoms with Gasteiger partial charge in [-0.2, -0.15) is 5.10 Å². The lowest BCUT2D eigenvalue weighted by Crippen LogP contribution is -2.17. The maximum Gasteiger partial charge on any atom is 0.277 e. The number of nitrogens with one attached hydrogen (secondary N) is 2. The van der Waals surface area contributed by atoms with Gasteiger partial charge in [-0.1, -0.05) is 6.92 Å². The Kier molecular flexibility index (Phi) is 4.78. The SMILES string of the molecule is CCCn1ccc(NC(=O)c2nc(C3CC3)ccc2Nc2cncnc2)n1. The zero-order valence-electron chi connectivity index (χ0n) is 15.1. The molecule has 8 nitrogen and oxygen atoms in total. The van der Waals surface area contributed by atoms with Gasteiger partial charge in [-0.25, -0.2) is 15.0 Å². The molecule has 1 aliphatic carbocycles. The highest BCUT2D eigenvalue weighted by Crippen LogP contribution is 2.39. The third-order valence-electron chi connectivity index (χ3n) is 4.30. The second-order valence-electron chi connectivity index (χ2n) is 6.58. The van der Waals surface area contributed by atoms with Crippen LogP contribution in [0.25, 0.3) is 0 Å². The molecule has 1 saturated carbocycles. The first-order valence-electron chi connectivity index (χ1n) is 9.10. The summed E-state index contributed by atoms with van der Waals surface area (Å²) in [6.45, 7) is 2.89. The topological polar surface area (TPSA) is 97.6 Å². The molecule has 1 amide bonds. The predicted molar refractivity (Wildman–Crippen MR) is 102 cm³/mol. The van der Waals surface area contributed by atoms with Gasteiger partial charge in [0.25, 0.3) is 5.91 Å². The van der Waals surface area contributed by atoms with E-state index in [4.69, 9.17) is 0 Å². The fourth-order valence-corrected chi connectivity index (χ4v) is 2.83. The summed E-state index contributed by atoms with van der Waals surface area (Å²) in [4.78, 5) is 25.5. The number of amides is 1. The Hall–Kier alpha value is -3.29. The van der Waals surface area contributed by atoms with Crippen LogP contribution in [0.15, 0.2) is 43.1 Å². The van der Waals surface area contributed by atoms with Crippen LogP contribution >= 0.6 is 0 Å². The molecule has 0 unspecified atom stereocenters. The molecule has 0 aliphatic heterocycles. The van der Waals surface area contributed by atoms with Crippen molar-refractivity contribution < 1.29 is 4.79 Å². The minimum atomic E-state index is -0.293. The van der Waals surface area contributed by atoms with Crippen LogP contribution in [0.4, 0.5) is 17.2 Å². The average molecular weight is 363 g/mol. The number of rotatable bonds is 7. The molecule has 0 atom stereocenters. The first-order chi connectivity index (χ1) is 13.2. The number of nitrogens with zero attached hydrogens (tertiary/aromatic N) is 5. The normalized spacial score (nSPS) is 13.4. The van der Waals surface area contributed by atoms with Crippen molar-refractivity contribution in [3.05, 3.63) is 54.5 Å². The van der Waals surface area contributed by atoms with Crippen molar-refractivity contribution in [2.45, 2.75) is 38.6 Å². The van der Waals surface area contributed by atoms with E-state index in [1.807, 2.05) is 23.0 Å². The van der Waals surface area contributed by atoms with Crippen molar-refractivity contribution in [1.29, 1.82) is 0 Å². The summed E-state index contributed by atoms with van der Waals surface area (Å²) in [5.41, 5.74) is 2.60. The van der Waals surface area contributed by atoms with Crippen LogP contribution in [-0.2, 0) is 6.54 Å². The first-order valence-corrected chi connectivity index (χ1v) is 9.10. The Balaban J connectivity index is 1.59. The van der Waals surface area contributed by atoms with Crippen molar-refractivity contribution in [2.24, 2.45) is 0 Å². The monoisotopic (exact) mass is 363 g/mol. The molecule has 27 heavy (non-hydrogen) atoms. The summed E-state index contributed by atoms with van der Waals surface area (Å²) in [5, 5.41) is 10.4. The lowest BCUT2D eigenvalue weighted by Gasteiger charge is -2.12. The number of hydrogen-bond acceptors (Lipinski definition) is 6. The lowest BCUT2D eigenvalue weighted by molar-refractivity contribution is 0.102. The van der Waals surface area contributed by atoms with Crippen molar-refractivity contribution >= 4 is 23.1 Å². The van der Waals surface area contributed by atoms with Crippen molar-refractivity contribution in [1.82, 2.24) is 24.7 Å². The summed E-state index contributed by atoms with van der Waals surface area (Å²) in [6.07, 6.45) is 9.83. The zero-order chi connectivity index (χ0) is 18.6. The zero-order valence-corrected chi connectivity index (χ0v) is 15.1. The molecular weight excluding hydrogens is 342 g/mol. The van der Waals surface area contributed by atoms with Crippen LogP contribution in [0.2, 0.25) is 0 Å². The summed E-state index contributed by atoms with van der Waals surface area (Å²) in [6, 6.07) is 5.64. The summed E-state index contributed by atoms with van der Waals surface area (Å²) < 4.78 is 1.81. The molecule has 3 heterocycles. The van der Waals surface area contributed by atoms with Crippen LogP contribution in [0.5, 0.6) is 0 Å². The van der Waals surface area contributed by atoms with E-state index in [2.05, 4.69) is 37.6 Å². The van der Waals surface area contributed by atoms with E-state index in [-0.39, 0.29) is 5.91 Å². The quantitative estimate of drug-likeness (QED) is 0.668. The second kappa shape index (κ2) is 7.53. The van der Waals surface area contributed by atoms with Gasteiger partial charge in [0, 0.05) is 30.4 Å². The van der Waals surface area contributed by atoms with Crippen molar-refractivity contribution in [3.8, 4) is 0 Å². The Bertz CT molecular complexity index is 934. The molecule has 8 heteroatoms.